The standard InChI is InChI=1S/C15H24N2O3S/c1-12(2)17-21(18,19)15-7-5-13(6-8-15)16-10-9-14-4-3-11-20-14/h5-8,12,14,16-17H,3-4,9-11H2,1-2H3. The lowest BCUT2D eigenvalue weighted by atomic mass is 10.2. The smallest absolute Gasteiger partial charge is 0.240 e. The van der Waals surface area contributed by atoms with Crippen molar-refractivity contribution in [3.8, 4) is 0 Å². The van der Waals surface area contributed by atoms with E-state index in [-0.39, 0.29) is 6.04 Å². The third-order valence-electron chi connectivity index (χ3n) is 3.37. The fraction of sp³-hybridized carbons (Fsp3) is 0.600. The highest BCUT2D eigenvalue weighted by Crippen LogP contribution is 2.17. The van der Waals surface area contributed by atoms with Crippen molar-refractivity contribution >= 4 is 15.7 Å². The van der Waals surface area contributed by atoms with Crippen molar-refractivity contribution in [1.29, 1.82) is 0 Å². The van der Waals surface area contributed by atoms with E-state index >= 15 is 0 Å². The predicted molar refractivity (Wildman–Crippen MR) is 84.0 cm³/mol. The van der Waals surface area contributed by atoms with Crippen LogP contribution >= 0.6 is 0 Å². The van der Waals surface area contributed by atoms with Gasteiger partial charge in [-0.25, -0.2) is 13.1 Å². The second-order valence-corrected chi connectivity index (χ2v) is 7.36. The maximum Gasteiger partial charge on any atom is 0.240 e. The van der Waals surface area contributed by atoms with E-state index in [0.29, 0.717) is 11.0 Å². The number of hydrogen-bond acceptors (Lipinski definition) is 4. The average molecular weight is 312 g/mol. The Balaban J connectivity index is 1.86. The van der Waals surface area contributed by atoms with Gasteiger partial charge in [0.1, 0.15) is 0 Å². The monoisotopic (exact) mass is 312 g/mol. The summed E-state index contributed by atoms with van der Waals surface area (Å²) in [5.74, 6) is 0. The van der Waals surface area contributed by atoms with Gasteiger partial charge < -0.3 is 10.1 Å². The number of rotatable bonds is 7. The molecule has 1 unspecified atom stereocenters. The van der Waals surface area contributed by atoms with Gasteiger partial charge in [-0.05, 0) is 57.4 Å². The van der Waals surface area contributed by atoms with Gasteiger partial charge in [0.2, 0.25) is 10.0 Å². The molecule has 21 heavy (non-hydrogen) atoms. The molecule has 0 aliphatic carbocycles. The molecule has 1 aliphatic rings. The molecule has 1 saturated heterocycles. The highest BCUT2D eigenvalue weighted by molar-refractivity contribution is 7.89. The second-order valence-electron chi connectivity index (χ2n) is 5.65. The van der Waals surface area contributed by atoms with Crippen molar-refractivity contribution in [2.24, 2.45) is 0 Å². The van der Waals surface area contributed by atoms with Crippen LogP contribution in [0.2, 0.25) is 0 Å². The summed E-state index contributed by atoms with van der Waals surface area (Å²) in [4.78, 5) is 0.292. The summed E-state index contributed by atoms with van der Waals surface area (Å²) >= 11 is 0. The molecule has 1 fully saturated rings. The molecular formula is C15H24N2O3S. The topological polar surface area (TPSA) is 67.4 Å². The molecule has 2 N–H and O–H groups in total. The highest BCUT2D eigenvalue weighted by atomic mass is 32.2. The number of benzene rings is 1. The number of hydrogen-bond donors (Lipinski definition) is 2. The van der Waals surface area contributed by atoms with E-state index in [9.17, 15) is 8.42 Å². The summed E-state index contributed by atoms with van der Waals surface area (Å²) < 4.78 is 32.1. The summed E-state index contributed by atoms with van der Waals surface area (Å²) in [5.41, 5.74) is 0.927. The second kappa shape index (κ2) is 7.24. The number of sulfonamides is 1. The van der Waals surface area contributed by atoms with E-state index in [0.717, 1.165) is 38.1 Å². The van der Waals surface area contributed by atoms with Gasteiger partial charge in [0.05, 0.1) is 11.0 Å². The zero-order valence-electron chi connectivity index (χ0n) is 12.6. The minimum absolute atomic E-state index is 0.112. The Bertz CT molecular complexity index is 535. The van der Waals surface area contributed by atoms with E-state index in [1.165, 1.54) is 0 Å². The van der Waals surface area contributed by atoms with Gasteiger partial charge in [0, 0.05) is 24.9 Å². The molecule has 6 heteroatoms. The Morgan fingerprint density at radius 3 is 2.57 bits per heavy atom. The summed E-state index contributed by atoms with van der Waals surface area (Å²) in [6.07, 6.45) is 3.64. The molecule has 1 atom stereocenters. The van der Waals surface area contributed by atoms with Gasteiger partial charge in [-0.15, -0.1) is 0 Å². The van der Waals surface area contributed by atoms with Crippen LogP contribution in [0.1, 0.15) is 33.1 Å². The van der Waals surface area contributed by atoms with Gasteiger partial charge in [0.15, 0.2) is 0 Å². The Labute approximate surface area is 127 Å². The van der Waals surface area contributed by atoms with Gasteiger partial charge in [-0.1, -0.05) is 0 Å². The first-order valence-corrected chi connectivity index (χ1v) is 8.93. The number of nitrogens with one attached hydrogen (secondary N) is 2. The van der Waals surface area contributed by atoms with Crippen molar-refractivity contribution in [2.45, 2.75) is 50.2 Å². The molecule has 118 valence electrons. The SMILES string of the molecule is CC(C)NS(=O)(=O)c1ccc(NCCC2CCCO2)cc1. The maximum atomic E-state index is 12.0. The quantitative estimate of drug-likeness (QED) is 0.811. The maximum absolute atomic E-state index is 12.0. The molecule has 0 radical (unpaired) electrons. The molecule has 0 amide bonds. The third-order valence-corrected chi connectivity index (χ3v) is 5.05. The molecule has 2 rings (SSSR count). The molecule has 1 aliphatic heterocycles. The average Bonchev–Trinajstić information content (AvgIpc) is 2.91. The van der Waals surface area contributed by atoms with E-state index in [1.54, 1.807) is 38.1 Å². The van der Waals surface area contributed by atoms with Crippen molar-refractivity contribution in [3.63, 3.8) is 0 Å². The van der Waals surface area contributed by atoms with Gasteiger partial charge in [-0.2, -0.15) is 0 Å². The number of ether oxygens (including phenoxy) is 1. The zero-order chi connectivity index (χ0) is 15.3. The zero-order valence-corrected chi connectivity index (χ0v) is 13.4. The normalized spacial score (nSPS) is 19.1. The van der Waals surface area contributed by atoms with Crippen LogP contribution in [0.5, 0.6) is 0 Å². The first-order chi connectivity index (χ1) is 9.97. The van der Waals surface area contributed by atoms with Gasteiger partial charge in [0.25, 0.3) is 0 Å². The van der Waals surface area contributed by atoms with E-state index in [4.69, 9.17) is 4.74 Å². The van der Waals surface area contributed by atoms with Gasteiger partial charge >= 0.3 is 0 Å². The van der Waals surface area contributed by atoms with Crippen LogP contribution in [0, 0.1) is 0 Å². The Morgan fingerprint density at radius 2 is 2.00 bits per heavy atom. The number of anilines is 1. The molecule has 1 aromatic carbocycles. The molecule has 5 nitrogen and oxygen atoms in total. The van der Waals surface area contributed by atoms with Crippen LogP contribution in [0.15, 0.2) is 29.2 Å². The minimum atomic E-state index is -3.41. The summed E-state index contributed by atoms with van der Waals surface area (Å²) in [7, 11) is -3.41. The molecular weight excluding hydrogens is 288 g/mol. The van der Waals surface area contributed by atoms with Crippen LogP contribution in [0.3, 0.4) is 0 Å². The molecule has 0 saturated carbocycles. The van der Waals surface area contributed by atoms with Crippen LogP contribution in [-0.2, 0) is 14.8 Å². The van der Waals surface area contributed by atoms with Crippen LogP contribution < -0.4 is 10.0 Å². The Kier molecular flexibility index (Phi) is 5.61. The van der Waals surface area contributed by atoms with Crippen molar-refractivity contribution < 1.29 is 13.2 Å². The van der Waals surface area contributed by atoms with E-state index < -0.39 is 10.0 Å². The Morgan fingerprint density at radius 1 is 1.29 bits per heavy atom. The van der Waals surface area contributed by atoms with Crippen molar-refractivity contribution in [3.05, 3.63) is 24.3 Å². The highest BCUT2D eigenvalue weighted by Gasteiger charge is 2.16. The first-order valence-electron chi connectivity index (χ1n) is 7.45. The van der Waals surface area contributed by atoms with Crippen molar-refractivity contribution in [2.75, 3.05) is 18.5 Å². The molecule has 0 bridgehead atoms. The lowest BCUT2D eigenvalue weighted by molar-refractivity contribution is 0.107. The predicted octanol–water partition coefficient (Wildman–Crippen LogP) is 2.35. The fourth-order valence-electron chi connectivity index (χ4n) is 2.38. The molecule has 0 spiro atoms. The van der Waals surface area contributed by atoms with Crippen LogP contribution in [0.4, 0.5) is 5.69 Å². The summed E-state index contributed by atoms with van der Waals surface area (Å²) in [6, 6.07) is 6.73. The fourth-order valence-corrected chi connectivity index (χ4v) is 3.63. The first kappa shape index (κ1) is 16.3. The lowest BCUT2D eigenvalue weighted by Gasteiger charge is -2.12. The molecule has 1 heterocycles. The van der Waals surface area contributed by atoms with E-state index in [1.807, 2.05) is 0 Å². The summed E-state index contributed by atoms with van der Waals surface area (Å²) in [6.45, 7) is 5.32. The summed E-state index contributed by atoms with van der Waals surface area (Å²) in [5, 5.41) is 3.30. The lowest BCUT2D eigenvalue weighted by Crippen LogP contribution is -2.30. The van der Waals surface area contributed by atoms with Crippen LogP contribution in [-0.4, -0.2) is 33.7 Å². The largest absolute Gasteiger partial charge is 0.385 e. The van der Waals surface area contributed by atoms with Crippen molar-refractivity contribution in [1.82, 2.24) is 4.72 Å². The minimum Gasteiger partial charge on any atom is -0.385 e. The van der Waals surface area contributed by atoms with Crippen LogP contribution in [0.25, 0.3) is 0 Å². The van der Waals surface area contributed by atoms with Gasteiger partial charge in [-0.3, -0.25) is 0 Å². The molecule has 0 aromatic heterocycles. The van der Waals surface area contributed by atoms with E-state index in [2.05, 4.69) is 10.0 Å². The molecule has 1 aromatic rings. The Hall–Kier alpha value is -1.11. The third kappa shape index (κ3) is 4.98.